The zero-order valence-corrected chi connectivity index (χ0v) is 12.2. The predicted molar refractivity (Wildman–Crippen MR) is 74.4 cm³/mol. The molecule has 2 rings (SSSR count). The lowest BCUT2D eigenvalue weighted by Gasteiger charge is -2.34. The molecule has 0 amide bonds. The number of ether oxygens (including phenoxy) is 1. The van der Waals surface area contributed by atoms with E-state index >= 15 is 0 Å². The Morgan fingerprint density at radius 2 is 2.10 bits per heavy atom. The molecule has 0 bridgehead atoms. The van der Waals surface area contributed by atoms with Crippen molar-refractivity contribution in [3.8, 4) is 0 Å². The maximum Gasteiger partial charge on any atom is 0.208 e. The number of nitrogens with zero attached hydrogens (tertiary/aromatic N) is 1. The molecule has 1 heterocycles. The molecule has 1 N–H and O–H groups in total. The van der Waals surface area contributed by atoms with Crippen LogP contribution < -0.4 is 4.72 Å². The first-order valence-electron chi connectivity index (χ1n) is 6.47. The summed E-state index contributed by atoms with van der Waals surface area (Å²) in [4.78, 5) is 2.11. The van der Waals surface area contributed by atoms with E-state index in [4.69, 9.17) is 4.74 Å². The molecule has 0 saturated carbocycles. The summed E-state index contributed by atoms with van der Waals surface area (Å²) in [6, 6.07) is 6.09. The second-order valence-electron chi connectivity index (χ2n) is 4.84. The van der Waals surface area contributed by atoms with Crippen molar-refractivity contribution in [3.63, 3.8) is 0 Å². The summed E-state index contributed by atoms with van der Waals surface area (Å²) in [5.74, 6) is -0.319. The van der Waals surface area contributed by atoms with Gasteiger partial charge in [0.15, 0.2) is 0 Å². The lowest BCUT2D eigenvalue weighted by atomic mass is 10.0. The number of nitrogens with one attached hydrogen (secondary N) is 1. The third-order valence-electron chi connectivity index (χ3n) is 3.26. The van der Waals surface area contributed by atoms with Crippen molar-refractivity contribution >= 4 is 10.0 Å². The van der Waals surface area contributed by atoms with E-state index in [1.54, 1.807) is 6.07 Å². The van der Waals surface area contributed by atoms with Crippen LogP contribution in [0.25, 0.3) is 0 Å². The van der Waals surface area contributed by atoms with Crippen LogP contribution in [0.5, 0.6) is 0 Å². The molecule has 112 valence electrons. The smallest absolute Gasteiger partial charge is 0.208 e. The number of hydrogen-bond acceptors (Lipinski definition) is 4. The molecule has 20 heavy (non-hydrogen) atoms. The number of hydrogen-bond donors (Lipinski definition) is 1. The van der Waals surface area contributed by atoms with Gasteiger partial charge in [-0.25, -0.2) is 17.5 Å². The fraction of sp³-hybridized carbons (Fsp3) is 0.538. The minimum absolute atomic E-state index is 0.190. The van der Waals surface area contributed by atoms with Gasteiger partial charge in [0.2, 0.25) is 10.0 Å². The van der Waals surface area contributed by atoms with E-state index in [0.29, 0.717) is 26.3 Å². The molecule has 1 saturated heterocycles. The first-order valence-corrected chi connectivity index (χ1v) is 8.37. The van der Waals surface area contributed by atoms with Gasteiger partial charge in [-0.15, -0.1) is 0 Å². The molecule has 1 atom stereocenters. The highest BCUT2D eigenvalue weighted by Gasteiger charge is 2.23. The van der Waals surface area contributed by atoms with Gasteiger partial charge in [-0.2, -0.15) is 0 Å². The van der Waals surface area contributed by atoms with E-state index in [0.717, 1.165) is 11.8 Å². The summed E-state index contributed by atoms with van der Waals surface area (Å²) in [7, 11) is -3.28. The molecule has 1 fully saturated rings. The Morgan fingerprint density at radius 3 is 2.70 bits per heavy atom. The summed E-state index contributed by atoms with van der Waals surface area (Å²) in [5, 5.41) is 0. The van der Waals surface area contributed by atoms with E-state index in [-0.39, 0.29) is 18.4 Å². The largest absolute Gasteiger partial charge is 0.379 e. The molecule has 0 aliphatic carbocycles. The van der Waals surface area contributed by atoms with Crippen molar-refractivity contribution in [3.05, 3.63) is 35.6 Å². The van der Waals surface area contributed by atoms with E-state index in [9.17, 15) is 12.8 Å². The van der Waals surface area contributed by atoms with Crippen LogP contribution in [0.1, 0.15) is 11.6 Å². The van der Waals surface area contributed by atoms with E-state index in [2.05, 4.69) is 9.62 Å². The maximum atomic E-state index is 13.4. The number of sulfonamides is 1. The van der Waals surface area contributed by atoms with Gasteiger partial charge in [-0.1, -0.05) is 12.1 Å². The lowest BCUT2D eigenvalue weighted by Crippen LogP contribution is -2.43. The summed E-state index contributed by atoms with van der Waals surface area (Å²) in [6.45, 7) is 2.83. The van der Waals surface area contributed by atoms with Crippen LogP contribution in [0.3, 0.4) is 0 Å². The summed E-state index contributed by atoms with van der Waals surface area (Å²) < 4.78 is 43.8. The third-order valence-corrected chi connectivity index (χ3v) is 3.95. The quantitative estimate of drug-likeness (QED) is 0.872. The Hall–Kier alpha value is -1.02. The SMILES string of the molecule is CS(=O)(=O)NC[C@H](c1cccc(F)c1)N1CCOCC1. The molecule has 0 unspecified atom stereocenters. The van der Waals surface area contributed by atoms with Crippen LogP contribution in [-0.4, -0.2) is 52.4 Å². The van der Waals surface area contributed by atoms with Gasteiger partial charge in [-0.3, -0.25) is 4.90 Å². The average molecular weight is 302 g/mol. The Balaban J connectivity index is 2.18. The molecule has 1 aromatic carbocycles. The molecular weight excluding hydrogens is 283 g/mol. The van der Waals surface area contributed by atoms with Crippen molar-refractivity contribution in [2.45, 2.75) is 6.04 Å². The van der Waals surface area contributed by atoms with Gasteiger partial charge in [-0.05, 0) is 17.7 Å². The minimum Gasteiger partial charge on any atom is -0.379 e. The lowest BCUT2D eigenvalue weighted by molar-refractivity contribution is 0.0171. The average Bonchev–Trinajstić information content (AvgIpc) is 2.39. The van der Waals surface area contributed by atoms with Gasteiger partial charge < -0.3 is 4.74 Å². The minimum atomic E-state index is -3.28. The van der Waals surface area contributed by atoms with Crippen molar-refractivity contribution in [1.29, 1.82) is 0 Å². The molecule has 7 heteroatoms. The van der Waals surface area contributed by atoms with Crippen LogP contribution in [0.4, 0.5) is 4.39 Å². The van der Waals surface area contributed by atoms with Crippen LogP contribution in [0, 0.1) is 5.82 Å². The number of rotatable bonds is 5. The predicted octanol–water partition coefficient (Wildman–Crippen LogP) is 0.748. The summed E-state index contributed by atoms with van der Waals surface area (Å²) in [6.07, 6.45) is 1.12. The zero-order chi connectivity index (χ0) is 14.6. The van der Waals surface area contributed by atoms with Crippen LogP contribution in [0.2, 0.25) is 0 Å². The number of halogens is 1. The Bertz CT molecular complexity index is 544. The Morgan fingerprint density at radius 1 is 1.40 bits per heavy atom. The molecule has 1 aliphatic rings. The molecule has 0 aromatic heterocycles. The first-order chi connectivity index (χ1) is 9.46. The summed E-state index contributed by atoms with van der Waals surface area (Å²) >= 11 is 0. The molecule has 0 radical (unpaired) electrons. The van der Waals surface area contributed by atoms with Crippen molar-refractivity contribution in [2.24, 2.45) is 0 Å². The summed E-state index contributed by atoms with van der Waals surface area (Å²) in [5.41, 5.74) is 0.767. The van der Waals surface area contributed by atoms with Gasteiger partial charge in [0, 0.05) is 25.7 Å². The Kier molecular flexibility index (Phi) is 5.09. The number of benzene rings is 1. The van der Waals surface area contributed by atoms with E-state index < -0.39 is 10.0 Å². The highest BCUT2D eigenvalue weighted by Crippen LogP contribution is 2.22. The van der Waals surface area contributed by atoms with Crippen molar-refractivity contribution < 1.29 is 17.5 Å². The highest BCUT2D eigenvalue weighted by atomic mass is 32.2. The van der Waals surface area contributed by atoms with Gasteiger partial charge in [0.05, 0.1) is 19.5 Å². The van der Waals surface area contributed by atoms with Crippen molar-refractivity contribution in [2.75, 3.05) is 39.1 Å². The van der Waals surface area contributed by atoms with E-state index in [1.807, 2.05) is 6.07 Å². The zero-order valence-electron chi connectivity index (χ0n) is 11.4. The van der Waals surface area contributed by atoms with E-state index in [1.165, 1.54) is 12.1 Å². The van der Waals surface area contributed by atoms with Gasteiger partial charge in [0.25, 0.3) is 0 Å². The van der Waals surface area contributed by atoms with Crippen LogP contribution in [-0.2, 0) is 14.8 Å². The van der Waals surface area contributed by atoms with Crippen LogP contribution in [0.15, 0.2) is 24.3 Å². The molecular formula is C13H19FN2O3S. The highest BCUT2D eigenvalue weighted by molar-refractivity contribution is 7.88. The monoisotopic (exact) mass is 302 g/mol. The van der Waals surface area contributed by atoms with Gasteiger partial charge >= 0.3 is 0 Å². The molecule has 5 nitrogen and oxygen atoms in total. The topological polar surface area (TPSA) is 58.6 Å². The molecule has 1 aromatic rings. The first kappa shape index (κ1) is 15.4. The Labute approximate surface area is 118 Å². The van der Waals surface area contributed by atoms with Crippen LogP contribution >= 0.6 is 0 Å². The maximum absolute atomic E-state index is 13.4. The molecule has 0 spiro atoms. The second-order valence-corrected chi connectivity index (χ2v) is 6.67. The third kappa shape index (κ3) is 4.52. The number of morpholine rings is 1. The normalized spacial score (nSPS) is 18.9. The second kappa shape index (κ2) is 6.62. The fourth-order valence-electron chi connectivity index (χ4n) is 2.29. The molecule has 1 aliphatic heterocycles. The van der Waals surface area contributed by atoms with Gasteiger partial charge in [0.1, 0.15) is 5.82 Å². The standard InChI is InChI=1S/C13H19FN2O3S/c1-20(17,18)15-10-13(16-5-7-19-8-6-16)11-3-2-4-12(14)9-11/h2-4,9,13,15H,5-8,10H2,1H3/t13-/m1/s1. The fourth-order valence-corrected chi connectivity index (χ4v) is 2.75. The van der Waals surface area contributed by atoms with Crippen molar-refractivity contribution in [1.82, 2.24) is 9.62 Å².